The van der Waals surface area contributed by atoms with Crippen LogP contribution in [0.25, 0.3) is 0 Å². The van der Waals surface area contributed by atoms with Crippen LogP contribution in [0.2, 0.25) is 0 Å². The maximum atomic E-state index is 12.4. The van der Waals surface area contributed by atoms with Crippen molar-refractivity contribution >= 4 is 11.6 Å². The van der Waals surface area contributed by atoms with Crippen molar-refractivity contribution in [2.75, 3.05) is 18.4 Å². The van der Waals surface area contributed by atoms with Crippen molar-refractivity contribution in [2.24, 2.45) is 0 Å². The number of nitrogens with one attached hydrogen (secondary N) is 1. The largest absolute Gasteiger partial charge is 0.384 e. The number of fused-ring (bicyclic) bond motifs is 1. The Hall–Kier alpha value is -2.02. The van der Waals surface area contributed by atoms with E-state index >= 15 is 0 Å². The van der Waals surface area contributed by atoms with Crippen molar-refractivity contribution in [1.82, 2.24) is 4.90 Å². The summed E-state index contributed by atoms with van der Waals surface area (Å²) < 4.78 is 0. The first-order valence-corrected chi connectivity index (χ1v) is 7.12. The summed E-state index contributed by atoms with van der Waals surface area (Å²) in [5.41, 5.74) is 2.36. The number of amides is 1. The predicted molar refractivity (Wildman–Crippen MR) is 79.4 cm³/mol. The number of carbonyl (C=O) groups excluding carboxylic acids is 1. The molecule has 0 radical (unpaired) electrons. The molecule has 1 atom stereocenters. The molecule has 2 rings (SSSR count). The second kappa shape index (κ2) is 6.42. The number of rotatable bonds is 5. The minimum absolute atomic E-state index is 0.138. The van der Waals surface area contributed by atoms with Crippen molar-refractivity contribution in [1.29, 1.82) is 5.26 Å². The van der Waals surface area contributed by atoms with Gasteiger partial charge in [-0.25, -0.2) is 0 Å². The number of nitriles is 1. The van der Waals surface area contributed by atoms with Gasteiger partial charge in [0, 0.05) is 37.2 Å². The molecule has 0 fully saturated rings. The van der Waals surface area contributed by atoms with E-state index in [-0.39, 0.29) is 17.9 Å². The zero-order chi connectivity index (χ0) is 14.5. The molecule has 1 N–H and O–H groups in total. The van der Waals surface area contributed by atoms with E-state index in [1.165, 1.54) is 5.56 Å². The molecule has 0 bridgehead atoms. The van der Waals surface area contributed by atoms with Gasteiger partial charge < -0.3 is 10.2 Å². The van der Waals surface area contributed by atoms with Crippen LogP contribution in [-0.4, -0.2) is 29.9 Å². The molecule has 4 heteroatoms. The van der Waals surface area contributed by atoms with Crippen LogP contribution in [0.4, 0.5) is 5.69 Å². The molecule has 20 heavy (non-hydrogen) atoms. The molecular formula is C16H21N3O. The average Bonchev–Trinajstić information content (AvgIpc) is 2.82. The lowest BCUT2D eigenvalue weighted by Crippen LogP contribution is -2.38. The Bertz CT molecular complexity index is 519. The highest BCUT2D eigenvalue weighted by atomic mass is 16.2. The molecule has 0 aromatic heterocycles. The van der Waals surface area contributed by atoms with Crippen molar-refractivity contribution in [3.63, 3.8) is 0 Å². The second-order valence-electron chi connectivity index (χ2n) is 5.46. The van der Waals surface area contributed by atoms with Crippen LogP contribution < -0.4 is 5.32 Å². The maximum Gasteiger partial charge on any atom is 0.223 e. The third-order valence-corrected chi connectivity index (χ3v) is 3.77. The van der Waals surface area contributed by atoms with Crippen LogP contribution in [-0.2, 0) is 4.79 Å². The number of anilines is 1. The molecule has 4 nitrogen and oxygen atoms in total. The predicted octanol–water partition coefficient (Wildman–Crippen LogP) is 2.74. The molecule has 1 aromatic rings. The van der Waals surface area contributed by atoms with E-state index in [0.717, 1.165) is 12.2 Å². The topological polar surface area (TPSA) is 56.1 Å². The number of benzene rings is 1. The number of para-hydroxylation sites is 1. The number of hydrogen-bond acceptors (Lipinski definition) is 3. The van der Waals surface area contributed by atoms with Gasteiger partial charge in [0.15, 0.2) is 0 Å². The molecule has 1 heterocycles. The first kappa shape index (κ1) is 14.4. The minimum atomic E-state index is 0.138. The van der Waals surface area contributed by atoms with Gasteiger partial charge >= 0.3 is 0 Å². The first-order valence-electron chi connectivity index (χ1n) is 7.12. The van der Waals surface area contributed by atoms with Crippen molar-refractivity contribution in [2.45, 2.75) is 38.6 Å². The number of nitrogens with zero attached hydrogens (tertiary/aromatic N) is 2. The van der Waals surface area contributed by atoms with Crippen molar-refractivity contribution < 1.29 is 4.79 Å². The quantitative estimate of drug-likeness (QED) is 0.896. The summed E-state index contributed by atoms with van der Waals surface area (Å²) in [5.74, 6) is 0.376. The summed E-state index contributed by atoms with van der Waals surface area (Å²) in [5, 5.41) is 12.0. The van der Waals surface area contributed by atoms with Gasteiger partial charge in [0.25, 0.3) is 0 Å². The molecule has 0 aliphatic carbocycles. The first-order chi connectivity index (χ1) is 9.63. The molecule has 0 saturated carbocycles. The maximum absolute atomic E-state index is 12.4. The van der Waals surface area contributed by atoms with E-state index in [2.05, 4.69) is 23.5 Å². The Balaban J connectivity index is 2.03. The Kier molecular flexibility index (Phi) is 4.62. The van der Waals surface area contributed by atoms with E-state index < -0.39 is 0 Å². The SMILES string of the molecule is CC(C)N(CCC#N)C(=O)CC1CNc2ccccc21. The monoisotopic (exact) mass is 271 g/mol. The molecule has 1 unspecified atom stereocenters. The molecule has 0 saturated heterocycles. The van der Waals surface area contributed by atoms with Crippen LogP contribution >= 0.6 is 0 Å². The molecule has 0 spiro atoms. The summed E-state index contributed by atoms with van der Waals surface area (Å²) >= 11 is 0. The molecule has 106 valence electrons. The highest BCUT2D eigenvalue weighted by molar-refractivity contribution is 5.78. The van der Waals surface area contributed by atoms with Crippen LogP contribution in [0.3, 0.4) is 0 Å². The summed E-state index contributed by atoms with van der Waals surface area (Å²) in [6.45, 7) is 5.33. The summed E-state index contributed by atoms with van der Waals surface area (Å²) in [4.78, 5) is 14.3. The fourth-order valence-corrected chi connectivity index (χ4v) is 2.71. The fraction of sp³-hybridized carbons (Fsp3) is 0.500. The molecule has 1 aliphatic rings. The van der Waals surface area contributed by atoms with Gasteiger partial charge in [-0.1, -0.05) is 18.2 Å². The Labute approximate surface area is 120 Å². The van der Waals surface area contributed by atoms with Gasteiger partial charge in [-0.2, -0.15) is 5.26 Å². The molecule has 1 amide bonds. The lowest BCUT2D eigenvalue weighted by atomic mass is 9.97. The van der Waals surface area contributed by atoms with Crippen LogP contribution in [0.1, 0.15) is 38.2 Å². The van der Waals surface area contributed by atoms with E-state index in [1.807, 2.05) is 30.9 Å². The van der Waals surface area contributed by atoms with Crippen LogP contribution in [0.5, 0.6) is 0 Å². The van der Waals surface area contributed by atoms with E-state index in [1.54, 1.807) is 0 Å². The smallest absolute Gasteiger partial charge is 0.223 e. The zero-order valence-electron chi connectivity index (χ0n) is 12.1. The summed E-state index contributed by atoms with van der Waals surface area (Å²) in [6.07, 6.45) is 0.900. The Morgan fingerprint density at radius 2 is 2.25 bits per heavy atom. The van der Waals surface area contributed by atoms with Gasteiger partial charge in [0.05, 0.1) is 12.5 Å². The standard InChI is InChI=1S/C16H21N3O/c1-12(2)19(9-5-8-17)16(20)10-13-11-18-15-7-4-3-6-14(13)15/h3-4,6-7,12-13,18H,5,9-11H2,1-2H3. The molecule has 1 aromatic carbocycles. The highest BCUT2D eigenvalue weighted by Crippen LogP contribution is 2.33. The normalized spacial score (nSPS) is 16.4. The van der Waals surface area contributed by atoms with Gasteiger partial charge in [-0.3, -0.25) is 4.79 Å². The second-order valence-corrected chi connectivity index (χ2v) is 5.46. The van der Waals surface area contributed by atoms with Gasteiger partial charge in [0.1, 0.15) is 0 Å². The van der Waals surface area contributed by atoms with Crippen LogP contribution in [0.15, 0.2) is 24.3 Å². The van der Waals surface area contributed by atoms with E-state index in [4.69, 9.17) is 5.26 Å². The fourth-order valence-electron chi connectivity index (χ4n) is 2.71. The van der Waals surface area contributed by atoms with Crippen LogP contribution in [0, 0.1) is 11.3 Å². The van der Waals surface area contributed by atoms with Gasteiger partial charge in [-0.15, -0.1) is 0 Å². The van der Waals surface area contributed by atoms with E-state index in [9.17, 15) is 4.79 Å². The van der Waals surface area contributed by atoms with Crippen molar-refractivity contribution in [3.8, 4) is 6.07 Å². The third-order valence-electron chi connectivity index (χ3n) is 3.77. The lowest BCUT2D eigenvalue weighted by Gasteiger charge is -2.27. The molecule has 1 aliphatic heterocycles. The Morgan fingerprint density at radius 3 is 2.95 bits per heavy atom. The Morgan fingerprint density at radius 1 is 1.50 bits per heavy atom. The number of hydrogen-bond donors (Lipinski definition) is 1. The lowest BCUT2D eigenvalue weighted by molar-refractivity contribution is -0.133. The minimum Gasteiger partial charge on any atom is -0.384 e. The summed E-state index contributed by atoms with van der Waals surface area (Å²) in [7, 11) is 0. The highest BCUT2D eigenvalue weighted by Gasteiger charge is 2.26. The number of carbonyl (C=O) groups is 1. The van der Waals surface area contributed by atoms with Crippen molar-refractivity contribution in [3.05, 3.63) is 29.8 Å². The van der Waals surface area contributed by atoms with Gasteiger partial charge in [0.2, 0.25) is 5.91 Å². The van der Waals surface area contributed by atoms with Gasteiger partial charge in [-0.05, 0) is 25.5 Å². The third kappa shape index (κ3) is 3.11. The zero-order valence-corrected chi connectivity index (χ0v) is 12.1. The summed E-state index contributed by atoms with van der Waals surface area (Å²) in [6, 6.07) is 10.4. The molecular weight excluding hydrogens is 250 g/mol. The average molecular weight is 271 g/mol. The van der Waals surface area contributed by atoms with E-state index in [0.29, 0.717) is 19.4 Å².